The molecule has 0 radical (unpaired) electrons. The number of nitrogens with zero attached hydrogens (tertiary/aromatic N) is 4. The van der Waals surface area contributed by atoms with Gasteiger partial charge in [-0.1, -0.05) is 6.07 Å². The molecule has 2 aromatic rings. The molecule has 0 saturated carbocycles. The summed E-state index contributed by atoms with van der Waals surface area (Å²) in [4.78, 5) is 32.6. The van der Waals surface area contributed by atoms with Crippen LogP contribution in [-0.2, 0) is 0 Å². The fourth-order valence-corrected chi connectivity index (χ4v) is 3.23. The fraction of sp³-hybridized carbons (Fsp3) is 0.294. The van der Waals surface area contributed by atoms with Gasteiger partial charge in [0.1, 0.15) is 5.69 Å². The topological polar surface area (TPSA) is 77.3 Å². The van der Waals surface area contributed by atoms with E-state index < -0.39 is 0 Å². The van der Waals surface area contributed by atoms with Crippen molar-refractivity contribution in [2.24, 2.45) is 0 Å². The van der Waals surface area contributed by atoms with Gasteiger partial charge in [0.2, 0.25) is 0 Å². The average Bonchev–Trinajstić information content (AvgIpc) is 3.07. The first-order valence-electron chi connectivity index (χ1n) is 7.59. The van der Waals surface area contributed by atoms with E-state index in [1.54, 1.807) is 39.4 Å². The van der Waals surface area contributed by atoms with E-state index in [-0.39, 0.29) is 11.8 Å². The highest BCUT2D eigenvalue weighted by Gasteiger charge is 2.26. The SMILES string of the molecule is Cc1nc(C(=O)N2CCN(C(=O)c3cccc(C#N)c3)CC2)cs1. The zero-order chi connectivity index (χ0) is 17.1. The number of nitriles is 1. The molecule has 1 fully saturated rings. The first kappa shape index (κ1) is 16.1. The van der Waals surface area contributed by atoms with E-state index in [0.717, 1.165) is 5.01 Å². The van der Waals surface area contributed by atoms with Crippen LogP contribution in [0.25, 0.3) is 0 Å². The van der Waals surface area contributed by atoms with Crippen LogP contribution in [0.3, 0.4) is 0 Å². The summed E-state index contributed by atoms with van der Waals surface area (Å²) < 4.78 is 0. The highest BCUT2D eigenvalue weighted by molar-refractivity contribution is 7.09. The van der Waals surface area contributed by atoms with Crippen LogP contribution < -0.4 is 0 Å². The highest BCUT2D eigenvalue weighted by Crippen LogP contribution is 2.14. The molecule has 1 saturated heterocycles. The molecule has 2 amide bonds. The maximum Gasteiger partial charge on any atom is 0.273 e. The Morgan fingerprint density at radius 3 is 2.42 bits per heavy atom. The number of carbonyl (C=O) groups is 2. The highest BCUT2D eigenvalue weighted by atomic mass is 32.1. The van der Waals surface area contributed by atoms with Gasteiger partial charge in [0.05, 0.1) is 16.6 Å². The summed E-state index contributed by atoms with van der Waals surface area (Å²) in [5.74, 6) is -0.193. The van der Waals surface area contributed by atoms with Crippen LogP contribution in [0, 0.1) is 18.3 Å². The fourth-order valence-electron chi connectivity index (χ4n) is 2.64. The predicted octanol–water partition coefficient (Wildman–Crippen LogP) is 1.92. The van der Waals surface area contributed by atoms with E-state index in [9.17, 15) is 9.59 Å². The van der Waals surface area contributed by atoms with Gasteiger partial charge in [-0.2, -0.15) is 5.26 Å². The van der Waals surface area contributed by atoms with E-state index in [1.165, 1.54) is 11.3 Å². The lowest BCUT2D eigenvalue weighted by Crippen LogP contribution is -2.50. The lowest BCUT2D eigenvalue weighted by atomic mass is 10.1. The van der Waals surface area contributed by atoms with E-state index in [1.807, 2.05) is 13.0 Å². The third-order valence-corrected chi connectivity index (χ3v) is 4.70. The Bertz CT molecular complexity index is 816. The largest absolute Gasteiger partial charge is 0.335 e. The summed E-state index contributed by atoms with van der Waals surface area (Å²) in [6, 6.07) is 8.71. The van der Waals surface area contributed by atoms with Crippen molar-refractivity contribution >= 4 is 23.2 Å². The van der Waals surface area contributed by atoms with Crippen LogP contribution in [0.15, 0.2) is 29.6 Å². The van der Waals surface area contributed by atoms with Gasteiger partial charge in [-0.15, -0.1) is 11.3 Å². The maximum atomic E-state index is 12.5. The average molecular weight is 340 g/mol. The molecular weight excluding hydrogens is 324 g/mol. The molecule has 1 aliphatic heterocycles. The second kappa shape index (κ2) is 6.81. The Kier molecular flexibility index (Phi) is 4.58. The summed E-state index contributed by atoms with van der Waals surface area (Å²) in [6.07, 6.45) is 0. The number of carbonyl (C=O) groups excluding carboxylic acids is 2. The number of hydrogen-bond donors (Lipinski definition) is 0. The van der Waals surface area contributed by atoms with Gasteiger partial charge in [0.15, 0.2) is 0 Å². The number of aromatic nitrogens is 1. The number of benzene rings is 1. The molecule has 0 unspecified atom stereocenters. The van der Waals surface area contributed by atoms with Crippen LogP contribution in [-0.4, -0.2) is 52.8 Å². The Morgan fingerprint density at radius 2 is 1.83 bits per heavy atom. The number of amides is 2. The summed E-state index contributed by atoms with van der Waals surface area (Å²) in [7, 11) is 0. The zero-order valence-electron chi connectivity index (χ0n) is 13.2. The van der Waals surface area contributed by atoms with Gasteiger partial charge in [-0.25, -0.2) is 4.98 Å². The van der Waals surface area contributed by atoms with Crippen LogP contribution >= 0.6 is 11.3 Å². The molecule has 1 aliphatic rings. The van der Waals surface area contributed by atoms with Crippen LogP contribution in [0.4, 0.5) is 0 Å². The minimum absolute atomic E-state index is 0.0853. The number of rotatable bonds is 2. The van der Waals surface area contributed by atoms with Crippen LogP contribution in [0.2, 0.25) is 0 Å². The van der Waals surface area contributed by atoms with Crippen molar-refractivity contribution in [3.63, 3.8) is 0 Å². The second-order valence-corrected chi connectivity index (χ2v) is 6.59. The van der Waals surface area contributed by atoms with E-state index in [2.05, 4.69) is 4.98 Å². The van der Waals surface area contributed by atoms with Gasteiger partial charge in [-0.3, -0.25) is 9.59 Å². The van der Waals surface area contributed by atoms with Crippen molar-refractivity contribution in [3.8, 4) is 6.07 Å². The third-order valence-electron chi connectivity index (χ3n) is 3.93. The molecule has 0 spiro atoms. The van der Waals surface area contributed by atoms with Crippen molar-refractivity contribution < 1.29 is 9.59 Å². The molecule has 0 atom stereocenters. The van der Waals surface area contributed by atoms with Crippen molar-refractivity contribution in [2.45, 2.75) is 6.92 Å². The Hall–Kier alpha value is -2.72. The lowest BCUT2D eigenvalue weighted by molar-refractivity contribution is 0.0532. The minimum atomic E-state index is -0.108. The molecule has 1 aromatic carbocycles. The summed E-state index contributed by atoms with van der Waals surface area (Å²) in [6.45, 7) is 3.79. The van der Waals surface area contributed by atoms with E-state index in [4.69, 9.17) is 5.26 Å². The predicted molar refractivity (Wildman–Crippen MR) is 89.8 cm³/mol. The van der Waals surface area contributed by atoms with Crippen LogP contribution in [0.5, 0.6) is 0 Å². The quantitative estimate of drug-likeness (QED) is 0.837. The first-order chi connectivity index (χ1) is 11.6. The lowest BCUT2D eigenvalue weighted by Gasteiger charge is -2.34. The Morgan fingerprint density at radius 1 is 1.17 bits per heavy atom. The first-order valence-corrected chi connectivity index (χ1v) is 8.47. The summed E-state index contributed by atoms with van der Waals surface area (Å²) >= 11 is 1.45. The molecule has 0 aliphatic carbocycles. The minimum Gasteiger partial charge on any atom is -0.335 e. The molecule has 6 nitrogen and oxygen atoms in total. The van der Waals surface area contributed by atoms with Gasteiger partial charge >= 0.3 is 0 Å². The molecule has 0 N–H and O–H groups in total. The van der Waals surface area contributed by atoms with E-state index >= 15 is 0 Å². The second-order valence-electron chi connectivity index (χ2n) is 5.53. The standard InChI is InChI=1S/C17H16N4O2S/c1-12-19-15(11-24-12)17(23)21-7-5-20(6-8-21)16(22)14-4-2-3-13(9-14)10-18/h2-4,9,11H,5-8H2,1H3. The van der Waals surface area contributed by atoms with Crippen LogP contribution in [0.1, 0.15) is 31.4 Å². The molecule has 24 heavy (non-hydrogen) atoms. The summed E-state index contributed by atoms with van der Waals surface area (Å²) in [5, 5.41) is 11.6. The van der Waals surface area contributed by atoms with Crippen molar-refractivity contribution in [1.82, 2.24) is 14.8 Å². The Labute approximate surface area is 143 Å². The third kappa shape index (κ3) is 3.29. The van der Waals surface area contributed by atoms with Gasteiger partial charge < -0.3 is 9.80 Å². The molecule has 1 aromatic heterocycles. The normalized spacial score (nSPS) is 14.3. The molecular formula is C17H16N4O2S. The number of aryl methyl sites for hydroxylation is 1. The zero-order valence-corrected chi connectivity index (χ0v) is 14.0. The molecule has 0 bridgehead atoms. The summed E-state index contributed by atoms with van der Waals surface area (Å²) in [5.41, 5.74) is 1.44. The smallest absolute Gasteiger partial charge is 0.273 e. The molecule has 2 heterocycles. The molecule has 7 heteroatoms. The number of thiazole rings is 1. The maximum absolute atomic E-state index is 12.5. The molecule has 3 rings (SSSR count). The van der Waals surface area contributed by atoms with Gasteiger partial charge in [0.25, 0.3) is 11.8 Å². The van der Waals surface area contributed by atoms with Gasteiger partial charge in [-0.05, 0) is 25.1 Å². The molecule has 122 valence electrons. The number of piperazine rings is 1. The Balaban J connectivity index is 1.63. The van der Waals surface area contributed by atoms with Crippen molar-refractivity contribution in [1.29, 1.82) is 5.26 Å². The monoisotopic (exact) mass is 340 g/mol. The van der Waals surface area contributed by atoms with Crippen molar-refractivity contribution in [3.05, 3.63) is 51.5 Å². The van der Waals surface area contributed by atoms with Gasteiger partial charge in [0, 0.05) is 37.1 Å². The number of hydrogen-bond acceptors (Lipinski definition) is 5. The van der Waals surface area contributed by atoms with Crippen molar-refractivity contribution in [2.75, 3.05) is 26.2 Å². The van der Waals surface area contributed by atoms with E-state index in [0.29, 0.717) is 43.0 Å².